The van der Waals surface area contributed by atoms with E-state index in [0.717, 1.165) is 35.9 Å². The van der Waals surface area contributed by atoms with E-state index in [4.69, 9.17) is 5.73 Å². The topological polar surface area (TPSA) is 67.9 Å². The van der Waals surface area contributed by atoms with Crippen molar-refractivity contribution in [1.82, 2.24) is 15.0 Å². The summed E-state index contributed by atoms with van der Waals surface area (Å²) in [5, 5.41) is 3.08. The molecule has 2 aromatic rings. The molecule has 0 amide bonds. The Morgan fingerprint density at radius 3 is 2.89 bits per heavy atom. The first-order chi connectivity index (χ1) is 9.22. The largest absolute Gasteiger partial charge is 0.353 e. The lowest BCUT2D eigenvalue weighted by Gasteiger charge is -2.32. The third kappa shape index (κ3) is 2.74. The Bertz CT molecular complexity index is 536. The highest BCUT2D eigenvalue weighted by molar-refractivity contribution is 7.09. The fraction of sp³-hybridized carbons (Fsp3) is 0.462. The Hall–Kier alpha value is -1.53. The van der Waals surface area contributed by atoms with Gasteiger partial charge in [0.05, 0.1) is 6.54 Å². The third-order valence-corrected chi connectivity index (χ3v) is 4.28. The van der Waals surface area contributed by atoms with Gasteiger partial charge in [-0.25, -0.2) is 15.0 Å². The SMILES string of the molecule is CN(Cc1nccs1)c1cc(C2CC(N)C2)ncn1. The van der Waals surface area contributed by atoms with Gasteiger partial charge in [-0.15, -0.1) is 11.3 Å². The Morgan fingerprint density at radius 2 is 2.21 bits per heavy atom. The van der Waals surface area contributed by atoms with Gasteiger partial charge in [0, 0.05) is 42.3 Å². The third-order valence-electron chi connectivity index (χ3n) is 3.51. The smallest absolute Gasteiger partial charge is 0.132 e. The molecule has 2 aromatic heterocycles. The monoisotopic (exact) mass is 275 g/mol. The van der Waals surface area contributed by atoms with E-state index in [1.54, 1.807) is 17.7 Å². The van der Waals surface area contributed by atoms with Crippen LogP contribution in [0.15, 0.2) is 24.0 Å². The molecule has 0 radical (unpaired) electrons. The lowest BCUT2D eigenvalue weighted by atomic mass is 9.78. The molecular weight excluding hydrogens is 258 g/mol. The number of aromatic nitrogens is 3. The van der Waals surface area contributed by atoms with Crippen molar-refractivity contribution in [3.63, 3.8) is 0 Å². The van der Waals surface area contributed by atoms with Crippen LogP contribution in [-0.4, -0.2) is 28.0 Å². The van der Waals surface area contributed by atoms with Crippen molar-refractivity contribution in [3.8, 4) is 0 Å². The maximum absolute atomic E-state index is 5.83. The minimum atomic E-state index is 0.344. The Labute approximate surface area is 116 Å². The number of thiazole rings is 1. The van der Waals surface area contributed by atoms with Crippen LogP contribution < -0.4 is 10.6 Å². The van der Waals surface area contributed by atoms with Gasteiger partial charge in [-0.2, -0.15) is 0 Å². The van der Waals surface area contributed by atoms with Crippen molar-refractivity contribution in [1.29, 1.82) is 0 Å². The molecule has 1 fully saturated rings. The van der Waals surface area contributed by atoms with Gasteiger partial charge in [0.25, 0.3) is 0 Å². The van der Waals surface area contributed by atoms with Gasteiger partial charge >= 0.3 is 0 Å². The van der Waals surface area contributed by atoms with Crippen LogP contribution in [0, 0.1) is 0 Å². The van der Waals surface area contributed by atoms with Gasteiger partial charge in [-0.1, -0.05) is 0 Å². The molecule has 1 aliphatic carbocycles. The van der Waals surface area contributed by atoms with Gasteiger partial charge in [0.15, 0.2) is 0 Å². The fourth-order valence-corrected chi connectivity index (χ4v) is 2.98. The highest BCUT2D eigenvalue weighted by Gasteiger charge is 2.28. The first-order valence-electron chi connectivity index (χ1n) is 6.39. The molecule has 0 aromatic carbocycles. The standard InChI is InChI=1S/C13H17N5S/c1-18(7-13-15-2-3-19-13)12-6-11(16-8-17-12)9-4-10(14)5-9/h2-3,6,8-10H,4-5,7,14H2,1H3. The van der Waals surface area contributed by atoms with Crippen molar-refractivity contribution in [3.05, 3.63) is 34.7 Å². The second-order valence-corrected chi connectivity index (χ2v) is 5.99. The average Bonchev–Trinajstić information content (AvgIpc) is 2.88. The normalized spacial score (nSPS) is 22.0. The quantitative estimate of drug-likeness (QED) is 0.921. The van der Waals surface area contributed by atoms with Gasteiger partial charge < -0.3 is 10.6 Å². The molecule has 5 nitrogen and oxygen atoms in total. The van der Waals surface area contributed by atoms with Gasteiger partial charge in [0.1, 0.15) is 17.2 Å². The Kier molecular flexibility index (Phi) is 3.44. The van der Waals surface area contributed by atoms with E-state index in [1.807, 2.05) is 18.6 Å². The van der Waals surface area contributed by atoms with E-state index in [9.17, 15) is 0 Å². The van der Waals surface area contributed by atoms with Gasteiger partial charge in [-0.05, 0) is 12.8 Å². The second kappa shape index (κ2) is 5.22. The molecule has 0 aliphatic heterocycles. The molecule has 1 saturated carbocycles. The van der Waals surface area contributed by atoms with Crippen molar-refractivity contribution in [2.75, 3.05) is 11.9 Å². The summed E-state index contributed by atoms with van der Waals surface area (Å²) in [6.45, 7) is 0.776. The van der Waals surface area contributed by atoms with Crippen molar-refractivity contribution in [2.45, 2.75) is 31.3 Å². The molecule has 19 heavy (non-hydrogen) atoms. The van der Waals surface area contributed by atoms with Crippen LogP contribution in [0.25, 0.3) is 0 Å². The number of nitrogens with zero attached hydrogens (tertiary/aromatic N) is 4. The summed E-state index contributed by atoms with van der Waals surface area (Å²) in [5.41, 5.74) is 6.94. The number of hydrogen-bond acceptors (Lipinski definition) is 6. The zero-order valence-corrected chi connectivity index (χ0v) is 11.7. The minimum Gasteiger partial charge on any atom is -0.353 e. The molecule has 1 aliphatic rings. The second-order valence-electron chi connectivity index (χ2n) is 5.01. The maximum atomic E-state index is 5.83. The number of nitrogens with two attached hydrogens (primary N) is 1. The Morgan fingerprint density at radius 1 is 1.37 bits per heavy atom. The molecule has 0 atom stereocenters. The zero-order valence-electron chi connectivity index (χ0n) is 10.9. The molecule has 0 saturated heterocycles. The summed E-state index contributed by atoms with van der Waals surface area (Å²) in [6, 6.07) is 2.42. The molecule has 3 rings (SSSR count). The van der Waals surface area contributed by atoms with E-state index >= 15 is 0 Å². The van der Waals surface area contributed by atoms with Gasteiger partial charge in [0.2, 0.25) is 0 Å². The predicted octanol–water partition coefficient (Wildman–Crippen LogP) is 1.77. The highest BCUT2D eigenvalue weighted by atomic mass is 32.1. The summed E-state index contributed by atoms with van der Waals surface area (Å²) < 4.78 is 0. The van der Waals surface area contributed by atoms with Crippen molar-refractivity contribution < 1.29 is 0 Å². The number of anilines is 1. The lowest BCUT2D eigenvalue weighted by Crippen LogP contribution is -2.35. The van der Waals surface area contributed by atoms with E-state index < -0.39 is 0 Å². The van der Waals surface area contributed by atoms with Crippen LogP contribution in [0.5, 0.6) is 0 Å². The summed E-state index contributed by atoms with van der Waals surface area (Å²) in [4.78, 5) is 15.1. The molecule has 2 N–H and O–H groups in total. The number of hydrogen-bond donors (Lipinski definition) is 1. The van der Waals surface area contributed by atoms with Crippen LogP contribution >= 0.6 is 11.3 Å². The average molecular weight is 275 g/mol. The van der Waals surface area contributed by atoms with Crippen LogP contribution in [0.2, 0.25) is 0 Å². The summed E-state index contributed by atoms with van der Waals surface area (Å²) >= 11 is 1.66. The predicted molar refractivity (Wildman–Crippen MR) is 76.2 cm³/mol. The first-order valence-corrected chi connectivity index (χ1v) is 7.27. The van der Waals surface area contributed by atoms with E-state index in [0.29, 0.717) is 12.0 Å². The molecule has 0 spiro atoms. The summed E-state index contributed by atoms with van der Waals surface area (Å²) in [5.74, 6) is 1.45. The lowest BCUT2D eigenvalue weighted by molar-refractivity contribution is 0.345. The molecule has 6 heteroatoms. The Balaban J connectivity index is 1.71. The van der Waals surface area contributed by atoms with E-state index in [1.165, 1.54) is 0 Å². The van der Waals surface area contributed by atoms with Crippen molar-refractivity contribution in [2.24, 2.45) is 5.73 Å². The highest BCUT2D eigenvalue weighted by Crippen LogP contribution is 2.35. The zero-order chi connectivity index (χ0) is 13.2. The fourth-order valence-electron chi connectivity index (χ4n) is 2.31. The summed E-state index contributed by atoms with van der Waals surface area (Å²) in [6.07, 6.45) is 5.54. The van der Waals surface area contributed by atoms with Gasteiger partial charge in [-0.3, -0.25) is 0 Å². The molecule has 0 bridgehead atoms. The van der Waals surface area contributed by atoms with Crippen molar-refractivity contribution >= 4 is 17.2 Å². The van der Waals surface area contributed by atoms with Crippen LogP contribution in [0.3, 0.4) is 0 Å². The molecule has 2 heterocycles. The van der Waals surface area contributed by atoms with Crippen LogP contribution in [0.1, 0.15) is 29.5 Å². The van der Waals surface area contributed by atoms with E-state index in [2.05, 4.69) is 25.9 Å². The van der Waals surface area contributed by atoms with E-state index in [-0.39, 0.29) is 0 Å². The minimum absolute atomic E-state index is 0.344. The maximum Gasteiger partial charge on any atom is 0.132 e. The van der Waals surface area contributed by atoms with Crippen LogP contribution in [0.4, 0.5) is 5.82 Å². The molecular formula is C13H17N5S. The summed E-state index contributed by atoms with van der Waals surface area (Å²) in [7, 11) is 2.03. The molecule has 100 valence electrons. The molecule has 0 unspecified atom stereocenters. The van der Waals surface area contributed by atoms with Crippen LogP contribution in [-0.2, 0) is 6.54 Å². The first kappa shape index (κ1) is 12.5. The number of rotatable bonds is 4.